The number of benzene rings is 1. The van der Waals surface area contributed by atoms with Crippen LogP contribution in [0.15, 0.2) is 43.5 Å². The molecule has 1 saturated carbocycles. The van der Waals surface area contributed by atoms with Gasteiger partial charge in [-0.05, 0) is 19.1 Å². The second-order valence-electron chi connectivity index (χ2n) is 5.78. The lowest BCUT2D eigenvalue weighted by molar-refractivity contribution is -0.116. The van der Waals surface area contributed by atoms with E-state index >= 15 is 0 Å². The van der Waals surface area contributed by atoms with Gasteiger partial charge in [0.2, 0.25) is 17.6 Å². The van der Waals surface area contributed by atoms with Crippen molar-refractivity contribution in [2.45, 2.75) is 38.5 Å². The molecule has 136 valence electrons. The van der Waals surface area contributed by atoms with E-state index < -0.39 is 27.6 Å². The molecule has 0 N–H and O–H groups in total. The van der Waals surface area contributed by atoms with Crippen molar-refractivity contribution in [1.82, 2.24) is 0 Å². The van der Waals surface area contributed by atoms with Gasteiger partial charge in [0.1, 0.15) is 0 Å². The van der Waals surface area contributed by atoms with Crippen LogP contribution in [0.5, 0.6) is 0 Å². The number of nitrogens with zero attached hydrogens (tertiary/aromatic N) is 3. The van der Waals surface area contributed by atoms with E-state index in [9.17, 15) is 22.8 Å². The number of amides is 2. The van der Waals surface area contributed by atoms with Gasteiger partial charge in [0.25, 0.3) is 10.0 Å². The van der Waals surface area contributed by atoms with Gasteiger partial charge in [-0.2, -0.15) is 12.8 Å². The number of sulfonamides is 1. The normalized spacial score (nSPS) is 18.3. The summed E-state index contributed by atoms with van der Waals surface area (Å²) in [7, 11) is -4.00. The van der Waals surface area contributed by atoms with Crippen molar-refractivity contribution in [3.8, 4) is 0 Å². The van der Waals surface area contributed by atoms with Crippen LogP contribution in [0.2, 0.25) is 0 Å². The van der Waals surface area contributed by atoms with Gasteiger partial charge in [-0.15, -0.1) is 0 Å². The number of ketones is 1. The van der Waals surface area contributed by atoms with E-state index in [0.29, 0.717) is 0 Å². The van der Waals surface area contributed by atoms with Crippen molar-refractivity contribution in [3.05, 3.63) is 29.8 Å². The van der Waals surface area contributed by atoms with Crippen LogP contribution in [0.1, 0.15) is 32.3 Å². The Hall–Kier alpha value is -2.81. The topological polar surface area (TPSA) is 122 Å². The van der Waals surface area contributed by atoms with Crippen molar-refractivity contribution >= 4 is 44.8 Å². The molecule has 0 saturated heterocycles. The summed E-state index contributed by atoms with van der Waals surface area (Å²) in [6.45, 7) is 4.15. The first kappa shape index (κ1) is 19.5. The Morgan fingerprint density at radius 2 is 1.38 bits per heavy atom. The van der Waals surface area contributed by atoms with E-state index in [-0.39, 0.29) is 34.9 Å². The smallest absolute Gasteiger partial charge is 0.282 e. The molecule has 2 amide bonds. The van der Waals surface area contributed by atoms with Crippen LogP contribution in [0.4, 0.5) is 0 Å². The van der Waals surface area contributed by atoms with E-state index in [1.165, 1.54) is 12.1 Å². The van der Waals surface area contributed by atoms with Crippen molar-refractivity contribution in [1.29, 1.82) is 0 Å². The SMILES string of the molecule is CC(=O)N=C1CC(=NS(=O)(=O)c2ccc(C)cc2)CC(=NC(C)=O)C1=O. The Kier molecular flexibility index (Phi) is 5.71. The zero-order valence-electron chi connectivity index (χ0n) is 14.5. The molecule has 8 nitrogen and oxygen atoms in total. The molecule has 9 heteroatoms. The van der Waals surface area contributed by atoms with Crippen LogP contribution in [0, 0.1) is 6.92 Å². The van der Waals surface area contributed by atoms with Crippen molar-refractivity contribution in [2.24, 2.45) is 14.4 Å². The predicted molar refractivity (Wildman–Crippen MR) is 96.3 cm³/mol. The molecule has 0 heterocycles. The first-order valence-electron chi connectivity index (χ1n) is 7.69. The maximum absolute atomic E-state index is 12.5. The molecule has 1 fully saturated rings. The Morgan fingerprint density at radius 1 is 0.923 bits per heavy atom. The van der Waals surface area contributed by atoms with Crippen LogP contribution < -0.4 is 0 Å². The second kappa shape index (κ2) is 7.61. The number of rotatable bonds is 2. The monoisotopic (exact) mass is 375 g/mol. The average Bonchev–Trinajstić information content (AvgIpc) is 2.51. The third-order valence-electron chi connectivity index (χ3n) is 3.42. The average molecular weight is 375 g/mol. The molecular formula is C17H17N3O5S. The van der Waals surface area contributed by atoms with Crippen molar-refractivity contribution < 1.29 is 22.8 Å². The minimum absolute atomic E-state index is 0.00242. The Bertz CT molecular complexity index is 932. The van der Waals surface area contributed by atoms with Gasteiger partial charge in [0.05, 0.1) is 16.3 Å². The third kappa shape index (κ3) is 4.85. The van der Waals surface area contributed by atoms with E-state index in [0.717, 1.165) is 19.4 Å². The van der Waals surface area contributed by atoms with Gasteiger partial charge in [-0.25, -0.2) is 9.98 Å². The molecule has 0 spiro atoms. The molecule has 26 heavy (non-hydrogen) atoms. The summed E-state index contributed by atoms with van der Waals surface area (Å²) in [5, 5.41) is 0. The van der Waals surface area contributed by atoms with Gasteiger partial charge in [0, 0.05) is 32.4 Å². The number of aliphatic imine (C=N–C) groups is 2. The number of carbonyl (C=O) groups is 3. The molecule has 0 aromatic heterocycles. The number of hydrogen-bond donors (Lipinski definition) is 0. The number of carbonyl (C=O) groups excluding carboxylic acids is 3. The molecule has 1 aliphatic carbocycles. The summed E-state index contributed by atoms with van der Waals surface area (Å²) in [6, 6.07) is 6.14. The lowest BCUT2D eigenvalue weighted by Gasteiger charge is -2.16. The molecule has 0 unspecified atom stereocenters. The van der Waals surface area contributed by atoms with Crippen LogP contribution >= 0.6 is 0 Å². The number of hydrogen-bond acceptors (Lipinski definition) is 5. The first-order chi connectivity index (χ1) is 12.1. The Labute approximate surface area is 150 Å². The van der Waals surface area contributed by atoms with Gasteiger partial charge >= 0.3 is 0 Å². The minimum atomic E-state index is -4.00. The zero-order chi connectivity index (χ0) is 19.5. The molecule has 1 aromatic rings. The fraction of sp³-hybridized carbons (Fsp3) is 0.294. The third-order valence-corrected chi connectivity index (χ3v) is 4.79. The highest BCUT2D eigenvalue weighted by Gasteiger charge is 2.30. The van der Waals surface area contributed by atoms with Crippen LogP contribution in [0.25, 0.3) is 0 Å². The fourth-order valence-electron chi connectivity index (χ4n) is 2.33. The Morgan fingerprint density at radius 3 is 1.81 bits per heavy atom. The zero-order valence-corrected chi connectivity index (χ0v) is 15.3. The van der Waals surface area contributed by atoms with E-state index in [4.69, 9.17) is 0 Å². The van der Waals surface area contributed by atoms with E-state index in [1.807, 2.05) is 6.92 Å². The van der Waals surface area contributed by atoms with Crippen LogP contribution in [0.3, 0.4) is 0 Å². The lowest BCUT2D eigenvalue weighted by atomic mass is 9.93. The summed E-state index contributed by atoms with van der Waals surface area (Å²) < 4.78 is 28.7. The molecule has 0 atom stereocenters. The molecule has 2 rings (SSSR count). The van der Waals surface area contributed by atoms with E-state index in [1.54, 1.807) is 12.1 Å². The first-order valence-corrected chi connectivity index (χ1v) is 9.13. The maximum atomic E-state index is 12.5. The highest BCUT2D eigenvalue weighted by atomic mass is 32.2. The van der Waals surface area contributed by atoms with Crippen molar-refractivity contribution in [2.75, 3.05) is 0 Å². The highest BCUT2D eigenvalue weighted by Crippen LogP contribution is 2.17. The van der Waals surface area contributed by atoms with Gasteiger partial charge in [-0.3, -0.25) is 14.4 Å². The molecule has 1 aliphatic rings. The van der Waals surface area contributed by atoms with Crippen LogP contribution in [-0.2, 0) is 24.4 Å². The summed E-state index contributed by atoms with van der Waals surface area (Å²) in [5.41, 5.74) is 0.625. The quantitative estimate of drug-likeness (QED) is 0.774. The fourth-order valence-corrected chi connectivity index (χ4v) is 3.39. The predicted octanol–water partition coefficient (Wildman–Crippen LogP) is 1.46. The maximum Gasteiger partial charge on any atom is 0.282 e. The molecule has 0 radical (unpaired) electrons. The van der Waals surface area contributed by atoms with Gasteiger partial charge < -0.3 is 0 Å². The molecule has 0 bridgehead atoms. The van der Waals surface area contributed by atoms with Gasteiger partial charge in [-0.1, -0.05) is 17.7 Å². The molecule has 0 aliphatic heterocycles. The summed E-state index contributed by atoms with van der Waals surface area (Å²) >= 11 is 0. The number of Topliss-reactive ketones (excluding diaryl/α,β-unsaturated/α-hetero) is 1. The largest absolute Gasteiger partial charge is 0.286 e. The molecular weight excluding hydrogens is 358 g/mol. The summed E-state index contributed by atoms with van der Waals surface area (Å²) in [5.74, 6) is -1.88. The summed E-state index contributed by atoms with van der Waals surface area (Å²) in [6.07, 6.45) is -0.388. The highest BCUT2D eigenvalue weighted by molar-refractivity contribution is 7.90. The Balaban J connectivity index is 2.48. The molecule has 1 aromatic carbocycles. The summed E-state index contributed by atoms with van der Waals surface area (Å²) in [4.78, 5) is 41.9. The van der Waals surface area contributed by atoms with Crippen molar-refractivity contribution in [3.63, 3.8) is 0 Å². The standard InChI is InChI=1S/C17H17N3O5S/c1-10-4-6-14(7-5-10)26(24,25)20-13-8-15(18-11(2)21)17(23)16(9-13)19-12(3)22/h4-7H,8-9H2,1-3H3. The van der Waals surface area contributed by atoms with Crippen LogP contribution in [-0.4, -0.2) is 43.2 Å². The van der Waals surface area contributed by atoms with Gasteiger partial charge in [0.15, 0.2) is 0 Å². The lowest BCUT2D eigenvalue weighted by Crippen LogP contribution is -2.35. The van der Waals surface area contributed by atoms with E-state index in [2.05, 4.69) is 14.4 Å². The minimum Gasteiger partial charge on any atom is -0.286 e. The number of aryl methyl sites for hydroxylation is 1. The second-order valence-corrected chi connectivity index (χ2v) is 7.39.